The molecule has 1 aliphatic rings. The van der Waals surface area contributed by atoms with Gasteiger partial charge in [-0.3, -0.25) is 4.79 Å². The van der Waals surface area contributed by atoms with Crippen molar-refractivity contribution in [2.24, 2.45) is 5.92 Å². The fourth-order valence-corrected chi connectivity index (χ4v) is 3.78. The van der Waals surface area contributed by atoms with Gasteiger partial charge >= 0.3 is 6.18 Å². The van der Waals surface area contributed by atoms with Gasteiger partial charge in [0.1, 0.15) is 11.4 Å². The molecule has 1 nitrogen and oxygen atoms in total. The molecule has 0 aliphatic heterocycles. The van der Waals surface area contributed by atoms with E-state index >= 15 is 0 Å². The molecule has 0 saturated heterocycles. The molecule has 24 heavy (non-hydrogen) atoms. The van der Waals surface area contributed by atoms with Crippen LogP contribution in [-0.2, 0) is 6.18 Å². The van der Waals surface area contributed by atoms with Crippen LogP contribution in [0.15, 0.2) is 12.1 Å². The maximum atomic E-state index is 14.7. The number of carbonyl (C=O) groups excluding carboxylic acids is 1. The minimum absolute atomic E-state index is 0.0794. The summed E-state index contributed by atoms with van der Waals surface area (Å²) in [6.45, 7) is 3.59. The highest BCUT2D eigenvalue weighted by molar-refractivity contribution is 5.97. The third-order valence-corrected chi connectivity index (χ3v) is 5.06. The predicted molar refractivity (Wildman–Crippen MR) is 85.6 cm³/mol. The fourth-order valence-electron chi connectivity index (χ4n) is 3.78. The Labute approximate surface area is 140 Å². The van der Waals surface area contributed by atoms with Crippen molar-refractivity contribution in [3.05, 3.63) is 34.6 Å². The summed E-state index contributed by atoms with van der Waals surface area (Å²) in [4.78, 5) is 11.8. The van der Waals surface area contributed by atoms with Crippen molar-refractivity contribution < 1.29 is 22.4 Å². The van der Waals surface area contributed by atoms with Crippen LogP contribution >= 0.6 is 0 Å². The van der Waals surface area contributed by atoms with E-state index in [1.54, 1.807) is 0 Å². The number of halogens is 4. The molecule has 0 bridgehead atoms. The molecule has 1 aromatic rings. The van der Waals surface area contributed by atoms with Gasteiger partial charge < -0.3 is 0 Å². The Morgan fingerprint density at radius 1 is 1.12 bits per heavy atom. The molecule has 0 aromatic heterocycles. The third kappa shape index (κ3) is 3.98. The Hall–Kier alpha value is -1.39. The van der Waals surface area contributed by atoms with Gasteiger partial charge in [-0.2, -0.15) is 13.2 Å². The van der Waals surface area contributed by atoms with Gasteiger partial charge in [-0.15, -0.1) is 0 Å². The molecule has 0 N–H and O–H groups in total. The van der Waals surface area contributed by atoms with E-state index in [4.69, 9.17) is 0 Å². The second-order valence-corrected chi connectivity index (χ2v) is 6.67. The zero-order chi connectivity index (χ0) is 17.9. The molecule has 1 aromatic carbocycles. The monoisotopic (exact) mass is 344 g/mol. The van der Waals surface area contributed by atoms with E-state index in [2.05, 4.69) is 6.92 Å². The highest BCUT2D eigenvalue weighted by atomic mass is 19.4. The first-order valence-corrected chi connectivity index (χ1v) is 8.72. The lowest BCUT2D eigenvalue weighted by Crippen LogP contribution is -2.20. The molecule has 0 heterocycles. The maximum absolute atomic E-state index is 14.7. The molecule has 134 valence electrons. The zero-order valence-electron chi connectivity index (χ0n) is 14.2. The van der Waals surface area contributed by atoms with Crippen molar-refractivity contribution in [3.63, 3.8) is 0 Å². The Morgan fingerprint density at radius 3 is 2.25 bits per heavy atom. The van der Waals surface area contributed by atoms with Crippen molar-refractivity contribution in [2.75, 3.05) is 0 Å². The van der Waals surface area contributed by atoms with Crippen molar-refractivity contribution in [1.29, 1.82) is 0 Å². The van der Waals surface area contributed by atoms with Gasteiger partial charge in [-0.1, -0.05) is 38.8 Å². The lowest BCUT2D eigenvalue weighted by molar-refractivity contribution is -0.140. The van der Waals surface area contributed by atoms with Gasteiger partial charge in [0.05, 0.1) is 0 Å². The molecular formula is C19H24F4O. The molecule has 0 atom stereocenters. The zero-order valence-corrected chi connectivity index (χ0v) is 14.2. The summed E-state index contributed by atoms with van der Waals surface area (Å²) in [5, 5.41) is 0. The maximum Gasteiger partial charge on any atom is 0.419 e. The number of carbonyl (C=O) groups is 1. The molecule has 0 spiro atoms. The highest BCUT2D eigenvalue weighted by Crippen LogP contribution is 2.42. The molecule has 0 amide bonds. The van der Waals surface area contributed by atoms with Gasteiger partial charge in [0, 0.05) is 12.0 Å². The summed E-state index contributed by atoms with van der Waals surface area (Å²) in [5.74, 6) is -1.53. The molecule has 0 unspecified atom stereocenters. The Bertz CT molecular complexity index is 584. The molecule has 1 aliphatic carbocycles. The summed E-state index contributed by atoms with van der Waals surface area (Å²) in [6, 6.07) is 2.55. The van der Waals surface area contributed by atoms with E-state index in [9.17, 15) is 22.4 Å². The van der Waals surface area contributed by atoms with Gasteiger partial charge in [-0.05, 0) is 43.1 Å². The number of rotatable bonds is 5. The highest BCUT2D eigenvalue weighted by Gasteiger charge is 2.40. The summed E-state index contributed by atoms with van der Waals surface area (Å²) in [7, 11) is 0. The first-order chi connectivity index (χ1) is 11.3. The van der Waals surface area contributed by atoms with E-state index in [1.165, 1.54) is 13.0 Å². The van der Waals surface area contributed by atoms with Crippen molar-refractivity contribution in [2.45, 2.75) is 70.9 Å². The van der Waals surface area contributed by atoms with Crippen molar-refractivity contribution in [3.8, 4) is 0 Å². The topological polar surface area (TPSA) is 17.1 Å². The molecular weight excluding hydrogens is 320 g/mol. The van der Waals surface area contributed by atoms with Crippen LogP contribution in [-0.4, -0.2) is 5.78 Å². The van der Waals surface area contributed by atoms with E-state index < -0.39 is 28.9 Å². The minimum Gasteiger partial charge on any atom is -0.294 e. The summed E-state index contributed by atoms with van der Waals surface area (Å²) >= 11 is 0. The van der Waals surface area contributed by atoms with E-state index in [0.29, 0.717) is 18.8 Å². The number of hydrogen-bond acceptors (Lipinski definition) is 1. The van der Waals surface area contributed by atoms with Crippen LogP contribution in [0.4, 0.5) is 17.6 Å². The molecule has 5 heteroatoms. The molecule has 1 saturated carbocycles. The smallest absolute Gasteiger partial charge is 0.294 e. The standard InChI is InChI=1S/C19H24F4O/c1-3-5-12-6-8-13(9-7-12)14-10-11-15(16(24)4-2)17(18(14)20)19(21,22)23/h10-13H,3-9H2,1-2H3. The average molecular weight is 344 g/mol. The van der Waals surface area contributed by atoms with Gasteiger partial charge in [0.15, 0.2) is 5.78 Å². The van der Waals surface area contributed by atoms with Crippen LogP contribution in [0.1, 0.15) is 86.2 Å². The predicted octanol–water partition coefficient (Wildman–Crippen LogP) is 6.51. The first kappa shape index (κ1) is 18.9. The van der Waals surface area contributed by atoms with Crippen LogP contribution < -0.4 is 0 Å². The van der Waals surface area contributed by atoms with Crippen molar-refractivity contribution >= 4 is 5.78 Å². The van der Waals surface area contributed by atoms with E-state index in [1.807, 2.05) is 0 Å². The van der Waals surface area contributed by atoms with Crippen LogP contribution in [0.5, 0.6) is 0 Å². The van der Waals surface area contributed by atoms with Crippen LogP contribution in [0.2, 0.25) is 0 Å². The van der Waals surface area contributed by atoms with Gasteiger partial charge in [-0.25, -0.2) is 4.39 Å². The molecule has 1 fully saturated rings. The SMILES string of the molecule is CCCC1CCC(c2ccc(C(=O)CC)c(C(F)(F)F)c2F)CC1. The quantitative estimate of drug-likeness (QED) is 0.439. The van der Waals surface area contributed by atoms with Gasteiger partial charge in [0.25, 0.3) is 0 Å². The number of Topliss-reactive ketones (excluding diaryl/α,β-unsaturated/α-hetero) is 1. The Kier molecular flexibility index (Phi) is 6.05. The summed E-state index contributed by atoms with van der Waals surface area (Å²) in [5.41, 5.74) is -1.82. The van der Waals surface area contributed by atoms with Crippen LogP contribution in [0.25, 0.3) is 0 Å². The normalized spacial score (nSPS) is 21.8. The lowest BCUT2D eigenvalue weighted by Gasteiger charge is -2.29. The summed E-state index contributed by atoms with van der Waals surface area (Å²) in [6.07, 6.45) is 0.538. The second kappa shape index (κ2) is 7.66. The average Bonchev–Trinajstić information content (AvgIpc) is 2.54. The Balaban J connectivity index is 2.35. The third-order valence-electron chi connectivity index (χ3n) is 5.06. The minimum atomic E-state index is -4.86. The van der Waals surface area contributed by atoms with Crippen molar-refractivity contribution in [1.82, 2.24) is 0 Å². The largest absolute Gasteiger partial charge is 0.419 e. The lowest BCUT2D eigenvalue weighted by atomic mass is 9.76. The number of benzene rings is 1. The number of alkyl halides is 3. The van der Waals surface area contributed by atoms with E-state index in [-0.39, 0.29) is 17.9 Å². The second-order valence-electron chi connectivity index (χ2n) is 6.67. The molecule has 0 radical (unpaired) electrons. The van der Waals surface area contributed by atoms with Crippen LogP contribution in [0, 0.1) is 11.7 Å². The Morgan fingerprint density at radius 2 is 1.75 bits per heavy atom. The number of hydrogen-bond donors (Lipinski definition) is 0. The van der Waals surface area contributed by atoms with Gasteiger partial charge in [0.2, 0.25) is 0 Å². The summed E-state index contributed by atoms with van der Waals surface area (Å²) < 4.78 is 54.7. The fraction of sp³-hybridized carbons (Fsp3) is 0.632. The first-order valence-electron chi connectivity index (χ1n) is 8.72. The van der Waals surface area contributed by atoms with Crippen LogP contribution in [0.3, 0.4) is 0 Å². The van der Waals surface area contributed by atoms with E-state index in [0.717, 1.165) is 31.7 Å². The number of ketones is 1. The molecule has 2 rings (SSSR count).